The zero-order valence-electron chi connectivity index (χ0n) is 6.01. The minimum absolute atomic E-state index is 1.13. The maximum absolute atomic E-state index is 2.77. The van der Waals surface area contributed by atoms with Gasteiger partial charge in [-0.15, -0.1) is 9.24 Å². The molecule has 1 unspecified atom stereocenters. The lowest BCUT2D eigenvalue weighted by Gasteiger charge is -2.31. The van der Waals surface area contributed by atoms with Crippen LogP contribution in [0.5, 0.6) is 0 Å². The van der Waals surface area contributed by atoms with Crippen molar-refractivity contribution >= 4 is 9.24 Å². The lowest BCUT2D eigenvalue weighted by Crippen LogP contribution is -2.43. The average molecular weight is 146 g/mol. The maximum Gasteiger partial charge on any atom is 0.0127 e. The van der Waals surface area contributed by atoms with Gasteiger partial charge in [0.1, 0.15) is 0 Å². The minimum atomic E-state index is 1.13. The normalized spacial score (nSPS) is 24.7. The Morgan fingerprint density at radius 3 is 2.22 bits per heavy atom. The number of nitrogens with zero attached hydrogens (tertiary/aromatic N) is 2. The van der Waals surface area contributed by atoms with Gasteiger partial charge in [0.15, 0.2) is 0 Å². The first-order valence-electron chi connectivity index (χ1n) is 3.44. The molecule has 0 aromatic heterocycles. The SMILES string of the molecule is CN1CCN(CP)CC1. The van der Waals surface area contributed by atoms with Gasteiger partial charge < -0.3 is 4.90 Å². The van der Waals surface area contributed by atoms with Crippen molar-refractivity contribution in [2.24, 2.45) is 0 Å². The Morgan fingerprint density at radius 2 is 1.78 bits per heavy atom. The van der Waals surface area contributed by atoms with Crippen LogP contribution in [0.15, 0.2) is 0 Å². The molecule has 54 valence electrons. The molecular weight excluding hydrogens is 131 g/mol. The molecule has 1 aliphatic rings. The summed E-state index contributed by atoms with van der Waals surface area (Å²) in [4.78, 5) is 4.82. The second kappa shape index (κ2) is 3.50. The molecule has 1 rings (SSSR count). The molecule has 1 aliphatic heterocycles. The molecule has 1 saturated heterocycles. The third kappa shape index (κ3) is 2.21. The van der Waals surface area contributed by atoms with Crippen molar-refractivity contribution in [3.8, 4) is 0 Å². The topological polar surface area (TPSA) is 6.48 Å². The van der Waals surface area contributed by atoms with Crippen molar-refractivity contribution in [3.05, 3.63) is 0 Å². The summed E-state index contributed by atoms with van der Waals surface area (Å²) in [6, 6.07) is 0. The summed E-state index contributed by atoms with van der Waals surface area (Å²) in [5.41, 5.74) is 0. The number of piperazine rings is 1. The maximum atomic E-state index is 2.77. The Balaban J connectivity index is 2.18. The third-order valence-electron chi connectivity index (χ3n) is 1.85. The molecule has 0 aromatic carbocycles. The highest BCUT2D eigenvalue weighted by atomic mass is 31.0. The molecule has 0 N–H and O–H groups in total. The predicted octanol–water partition coefficient (Wildman–Crippen LogP) is 0.0664. The van der Waals surface area contributed by atoms with E-state index in [9.17, 15) is 0 Å². The van der Waals surface area contributed by atoms with Gasteiger partial charge in [-0.2, -0.15) is 0 Å². The minimum Gasteiger partial charge on any atom is -0.304 e. The second-order valence-electron chi connectivity index (χ2n) is 2.60. The first kappa shape index (κ1) is 7.46. The first-order valence-corrected chi connectivity index (χ1v) is 4.25. The van der Waals surface area contributed by atoms with E-state index >= 15 is 0 Å². The van der Waals surface area contributed by atoms with E-state index in [0.29, 0.717) is 0 Å². The van der Waals surface area contributed by atoms with Crippen LogP contribution in [0.2, 0.25) is 0 Å². The zero-order chi connectivity index (χ0) is 6.69. The van der Waals surface area contributed by atoms with Crippen LogP contribution < -0.4 is 0 Å². The first-order chi connectivity index (χ1) is 4.33. The van der Waals surface area contributed by atoms with E-state index in [4.69, 9.17) is 0 Å². The van der Waals surface area contributed by atoms with Crippen molar-refractivity contribution in [2.75, 3.05) is 39.5 Å². The van der Waals surface area contributed by atoms with Crippen LogP contribution in [-0.4, -0.2) is 49.3 Å². The van der Waals surface area contributed by atoms with Gasteiger partial charge in [-0.1, -0.05) is 0 Å². The van der Waals surface area contributed by atoms with Crippen molar-refractivity contribution in [2.45, 2.75) is 0 Å². The fourth-order valence-corrected chi connectivity index (χ4v) is 1.40. The smallest absolute Gasteiger partial charge is 0.0127 e. The highest BCUT2D eigenvalue weighted by Crippen LogP contribution is 2.00. The van der Waals surface area contributed by atoms with Crippen LogP contribution in [0.1, 0.15) is 0 Å². The van der Waals surface area contributed by atoms with Crippen molar-refractivity contribution in [1.29, 1.82) is 0 Å². The van der Waals surface area contributed by atoms with E-state index in [0.717, 1.165) is 6.29 Å². The second-order valence-corrected chi connectivity index (χ2v) is 2.97. The summed E-state index contributed by atoms with van der Waals surface area (Å²) in [6.07, 6.45) is 1.13. The number of likely N-dealkylation sites (N-methyl/N-ethyl adjacent to an activating group) is 1. The van der Waals surface area contributed by atoms with Gasteiger partial charge in [-0.25, -0.2) is 0 Å². The van der Waals surface area contributed by atoms with Crippen LogP contribution in [0.3, 0.4) is 0 Å². The Morgan fingerprint density at radius 1 is 1.22 bits per heavy atom. The predicted molar refractivity (Wildman–Crippen MR) is 43.6 cm³/mol. The third-order valence-corrected chi connectivity index (χ3v) is 2.37. The standard InChI is InChI=1S/C6H15N2P/c1-7-2-4-8(6-9)5-3-7/h2-6,9H2,1H3. The van der Waals surface area contributed by atoms with Gasteiger partial charge in [-0.3, -0.25) is 4.90 Å². The molecule has 3 heteroatoms. The largest absolute Gasteiger partial charge is 0.304 e. The highest BCUT2D eigenvalue weighted by Gasteiger charge is 2.10. The Labute approximate surface area is 59.4 Å². The average Bonchev–Trinajstić information content (AvgIpc) is 1.90. The number of hydrogen-bond donors (Lipinski definition) is 0. The van der Waals surface area contributed by atoms with E-state index < -0.39 is 0 Å². The fourth-order valence-electron chi connectivity index (χ4n) is 1.03. The summed E-state index contributed by atoms with van der Waals surface area (Å²) >= 11 is 0. The molecule has 0 bridgehead atoms. The van der Waals surface area contributed by atoms with Crippen LogP contribution in [-0.2, 0) is 0 Å². The van der Waals surface area contributed by atoms with Crippen molar-refractivity contribution in [1.82, 2.24) is 9.80 Å². The van der Waals surface area contributed by atoms with Crippen LogP contribution in [0.4, 0.5) is 0 Å². The van der Waals surface area contributed by atoms with E-state index in [1.807, 2.05) is 0 Å². The molecule has 0 saturated carbocycles. The molecule has 1 fully saturated rings. The monoisotopic (exact) mass is 146 g/mol. The van der Waals surface area contributed by atoms with Crippen molar-refractivity contribution in [3.63, 3.8) is 0 Å². The summed E-state index contributed by atoms with van der Waals surface area (Å²) in [5, 5.41) is 0. The van der Waals surface area contributed by atoms with E-state index in [1.54, 1.807) is 0 Å². The fraction of sp³-hybridized carbons (Fsp3) is 1.00. The Hall–Kier alpha value is 0.350. The summed E-state index contributed by atoms with van der Waals surface area (Å²) in [6.45, 7) is 4.93. The Bertz CT molecular complexity index is 79.1. The molecule has 0 aromatic rings. The highest BCUT2D eigenvalue weighted by molar-refractivity contribution is 7.16. The van der Waals surface area contributed by atoms with E-state index in [1.165, 1.54) is 26.2 Å². The number of rotatable bonds is 1. The molecule has 1 atom stereocenters. The molecule has 0 amide bonds. The summed E-state index contributed by atoms with van der Waals surface area (Å²) in [5.74, 6) is 0. The molecule has 0 aliphatic carbocycles. The molecule has 2 nitrogen and oxygen atoms in total. The number of hydrogen-bond acceptors (Lipinski definition) is 2. The molecule has 1 heterocycles. The van der Waals surface area contributed by atoms with Gasteiger partial charge in [0.05, 0.1) is 0 Å². The van der Waals surface area contributed by atoms with Gasteiger partial charge in [0, 0.05) is 32.5 Å². The van der Waals surface area contributed by atoms with E-state index in [-0.39, 0.29) is 0 Å². The van der Waals surface area contributed by atoms with Crippen LogP contribution in [0, 0.1) is 0 Å². The molecule has 9 heavy (non-hydrogen) atoms. The zero-order valence-corrected chi connectivity index (χ0v) is 7.16. The van der Waals surface area contributed by atoms with Crippen LogP contribution in [0.25, 0.3) is 0 Å². The Kier molecular flexibility index (Phi) is 2.90. The van der Waals surface area contributed by atoms with Gasteiger partial charge >= 0.3 is 0 Å². The lowest BCUT2D eigenvalue weighted by molar-refractivity contribution is 0.174. The quantitative estimate of drug-likeness (QED) is 0.483. The van der Waals surface area contributed by atoms with Crippen molar-refractivity contribution < 1.29 is 0 Å². The van der Waals surface area contributed by atoms with Gasteiger partial charge in [0.25, 0.3) is 0 Å². The van der Waals surface area contributed by atoms with E-state index in [2.05, 4.69) is 26.1 Å². The molecule has 0 radical (unpaired) electrons. The molecular formula is C6H15N2P. The van der Waals surface area contributed by atoms with Crippen LogP contribution >= 0.6 is 9.24 Å². The van der Waals surface area contributed by atoms with Gasteiger partial charge in [-0.05, 0) is 7.05 Å². The van der Waals surface area contributed by atoms with Gasteiger partial charge in [0.2, 0.25) is 0 Å². The lowest BCUT2D eigenvalue weighted by atomic mass is 10.4. The summed E-state index contributed by atoms with van der Waals surface area (Å²) in [7, 11) is 4.95. The summed E-state index contributed by atoms with van der Waals surface area (Å²) < 4.78 is 0. The molecule has 0 spiro atoms.